The van der Waals surface area contributed by atoms with Gasteiger partial charge in [-0.2, -0.15) is 0 Å². The predicted molar refractivity (Wildman–Crippen MR) is 54.8 cm³/mol. The molecule has 82 valence electrons. The van der Waals surface area contributed by atoms with Gasteiger partial charge in [0, 0.05) is 12.1 Å². The maximum atomic E-state index is 10.6. The molecule has 0 aliphatic heterocycles. The van der Waals surface area contributed by atoms with Gasteiger partial charge in [-0.3, -0.25) is 0 Å². The van der Waals surface area contributed by atoms with E-state index in [-0.39, 0.29) is 12.2 Å². The number of aliphatic hydroxyl groups excluding tert-OH is 1. The SMILES string of the molecule is COCc1ccc(Cl)cc1C(O)C(=O)O. The summed E-state index contributed by atoms with van der Waals surface area (Å²) in [7, 11) is 1.49. The third-order valence-electron chi connectivity index (χ3n) is 1.94. The quantitative estimate of drug-likeness (QED) is 0.825. The second kappa shape index (κ2) is 5.11. The minimum Gasteiger partial charge on any atom is -0.479 e. The average molecular weight is 231 g/mol. The molecular formula is C10H11ClO4. The van der Waals surface area contributed by atoms with Gasteiger partial charge in [0.05, 0.1) is 6.61 Å². The fourth-order valence-corrected chi connectivity index (χ4v) is 1.42. The van der Waals surface area contributed by atoms with E-state index in [0.717, 1.165) is 0 Å². The van der Waals surface area contributed by atoms with Gasteiger partial charge < -0.3 is 14.9 Å². The highest BCUT2D eigenvalue weighted by Crippen LogP contribution is 2.23. The van der Waals surface area contributed by atoms with E-state index in [2.05, 4.69) is 0 Å². The number of hydrogen-bond acceptors (Lipinski definition) is 3. The van der Waals surface area contributed by atoms with Gasteiger partial charge in [-0.15, -0.1) is 0 Å². The van der Waals surface area contributed by atoms with Gasteiger partial charge in [-0.05, 0) is 23.3 Å². The van der Waals surface area contributed by atoms with Crippen LogP contribution in [0.25, 0.3) is 0 Å². The molecule has 0 aromatic heterocycles. The number of ether oxygens (including phenoxy) is 1. The van der Waals surface area contributed by atoms with E-state index in [1.54, 1.807) is 12.1 Å². The number of aliphatic carboxylic acids is 1. The minimum absolute atomic E-state index is 0.233. The number of carbonyl (C=O) groups is 1. The van der Waals surface area contributed by atoms with Crippen LogP contribution in [0, 0.1) is 0 Å². The number of halogens is 1. The Morgan fingerprint density at radius 1 is 1.60 bits per heavy atom. The topological polar surface area (TPSA) is 66.8 Å². The molecule has 1 rings (SSSR count). The van der Waals surface area contributed by atoms with Crippen LogP contribution >= 0.6 is 11.6 Å². The standard InChI is InChI=1S/C10H11ClO4/c1-15-5-6-2-3-7(11)4-8(6)9(12)10(13)14/h2-4,9,12H,5H2,1H3,(H,13,14). The fourth-order valence-electron chi connectivity index (χ4n) is 1.24. The van der Waals surface area contributed by atoms with Crippen molar-refractivity contribution in [2.45, 2.75) is 12.7 Å². The van der Waals surface area contributed by atoms with Crippen molar-refractivity contribution < 1.29 is 19.7 Å². The molecule has 0 amide bonds. The monoisotopic (exact) mass is 230 g/mol. The normalized spacial score (nSPS) is 12.5. The van der Waals surface area contributed by atoms with Crippen molar-refractivity contribution in [2.75, 3.05) is 7.11 Å². The second-order valence-electron chi connectivity index (χ2n) is 3.02. The van der Waals surface area contributed by atoms with Crippen molar-refractivity contribution in [3.63, 3.8) is 0 Å². The number of carboxylic acid groups (broad SMARTS) is 1. The summed E-state index contributed by atoms with van der Waals surface area (Å²) in [6, 6.07) is 4.68. The third-order valence-corrected chi connectivity index (χ3v) is 2.17. The van der Waals surface area contributed by atoms with Crippen molar-refractivity contribution in [1.82, 2.24) is 0 Å². The average Bonchev–Trinajstić information content (AvgIpc) is 2.20. The van der Waals surface area contributed by atoms with Gasteiger partial charge in [-0.25, -0.2) is 4.79 Å². The first kappa shape index (κ1) is 12.0. The summed E-state index contributed by atoms with van der Waals surface area (Å²) in [6.07, 6.45) is -1.58. The Labute approximate surface area is 92.1 Å². The second-order valence-corrected chi connectivity index (χ2v) is 3.45. The Balaban J connectivity index is 3.11. The van der Waals surface area contributed by atoms with Gasteiger partial charge in [0.15, 0.2) is 6.10 Å². The van der Waals surface area contributed by atoms with Crippen LogP contribution in [0.1, 0.15) is 17.2 Å². The molecule has 0 saturated carbocycles. The smallest absolute Gasteiger partial charge is 0.337 e. The van der Waals surface area contributed by atoms with Gasteiger partial charge in [0.2, 0.25) is 0 Å². The Morgan fingerprint density at radius 3 is 2.80 bits per heavy atom. The molecule has 4 nitrogen and oxygen atoms in total. The number of benzene rings is 1. The van der Waals surface area contributed by atoms with Gasteiger partial charge >= 0.3 is 5.97 Å². The van der Waals surface area contributed by atoms with Crippen molar-refractivity contribution in [1.29, 1.82) is 0 Å². The molecule has 1 aromatic carbocycles. The van der Waals surface area contributed by atoms with Crippen LogP contribution < -0.4 is 0 Å². The molecule has 1 aromatic rings. The van der Waals surface area contributed by atoms with E-state index in [1.807, 2.05) is 0 Å². The van der Waals surface area contributed by atoms with Crippen LogP contribution in [0.15, 0.2) is 18.2 Å². The lowest BCUT2D eigenvalue weighted by Crippen LogP contribution is -2.13. The van der Waals surface area contributed by atoms with Crippen molar-refractivity contribution in [3.8, 4) is 0 Å². The van der Waals surface area contributed by atoms with Gasteiger partial charge in [-0.1, -0.05) is 17.7 Å². The predicted octanol–water partition coefficient (Wildman–Crippen LogP) is 1.60. The Morgan fingerprint density at radius 2 is 2.27 bits per heavy atom. The molecule has 0 radical (unpaired) electrons. The molecular weight excluding hydrogens is 220 g/mol. The van der Waals surface area contributed by atoms with Gasteiger partial charge in [0.25, 0.3) is 0 Å². The number of hydrogen-bond donors (Lipinski definition) is 2. The molecule has 1 unspecified atom stereocenters. The van der Waals surface area contributed by atoms with E-state index >= 15 is 0 Å². The summed E-state index contributed by atoms with van der Waals surface area (Å²) in [5.41, 5.74) is 0.869. The third kappa shape index (κ3) is 2.92. The van der Waals surface area contributed by atoms with E-state index in [4.69, 9.17) is 21.4 Å². The largest absolute Gasteiger partial charge is 0.479 e. The lowest BCUT2D eigenvalue weighted by molar-refractivity contribution is -0.147. The zero-order valence-electron chi connectivity index (χ0n) is 8.11. The molecule has 5 heteroatoms. The van der Waals surface area contributed by atoms with E-state index < -0.39 is 12.1 Å². The maximum Gasteiger partial charge on any atom is 0.337 e. The summed E-state index contributed by atoms with van der Waals surface area (Å²) in [4.78, 5) is 10.6. The number of carboxylic acids is 1. The summed E-state index contributed by atoms with van der Waals surface area (Å²) in [5, 5.41) is 18.5. The molecule has 1 atom stereocenters. The molecule has 2 N–H and O–H groups in total. The maximum absolute atomic E-state index is 10.6. The minimum atomic E-state index is -1.58. The van der Waals surface area contributed by atoms with E-state index in [0.29, 0.717) is 10.6 Å². The summed E-state index contributed by atoms with van der Waals surface area (Å²) < 4.78 is 4.89. The molecule has 0 aliphatic rings. The molecule has 0 aliphatic carbocycles. The number of aliphatic hydroxyl groups is 1. The Kier molecular flexibility index (Phi) is 4.08. The van der Waals surface area contributed by atoms with Gasteiger partial charge in [0.1, 0.15) is 0 Å². The zero-order valence-corrected chi connectivity index (χ0v) is 8.86. The summed E-state index contributed by atoms with van der Waals surface area (Å²) in [5.74, 6) is -1.31. The first-order valence-corrected chi connectivity index (χ1v) is 4.62. The molecule has 0 spiro atoms. The lowest BCUT2D eigenvalue weighted by Gasteiger charge is -2.12. The van der Waals surface area contributed by atoms with Crippen LogP contribution in [0.2, 0.25) is 5.02 Å². The van der Waals surface area contributed by atoms with Crippen molar-refractivity contribution >= 4 is 17.6 Å². The number of rotatable bonds is 4. The van der Waals surface area contributed by atoms with Crippen LogP contribution in [0.5, 0.6) is 0 Å². The first-order chi connectivity index (χ1) is 7.06. The van der Waals surface area contributed by atoms with E-state index in [9.17, 15) is 9.90 Å². The Hall–Kier alpha value is -1.10. The molecule has 0 fully saturated rings. The van der Waals surface area contributed by atoms with Crippen molar-refractivity contribution in [2.24, 2.45) is 0 Å². The van der Waals surface area contributed by atoms with Crippen LogP contribution in [0.3, 0.4) is 0 Å². The summed E-state index contributed by atoms with van der Waals surface area (Å²) in [6.45, 7) is 0.233. The Bertz CT molecular complexity index is 364. The number of methoxy groups -OCH3 is 1. The highest BCUT2D eigenvalue weighted by atomic mass is 35.5. The zero-order chi connectivity index (χ0) is 11.4. The molecule has 0 heterocycles. The van der Waals surface area contributed by atoms with Crippen LogP contribution in [0.4, 0.5) is 0 Å². The highest BCUT2D eigenvalue weighted by molar-refractivity contribution is 6.30. The van der Waals surface area contributed by atoms with E-state index in [1.165, 1.54) is 13.2 Å². The highest BCUT2D eigenvalue weighted by Gasteiger charge is 2.19. The fraction of sp³-hybridized carbons (Fsp3) is 0.300. The van der Waals surface area contributed by atoms with Crippen LogP contribution in [-0.4, -0.2) is 23.3 Å². The van der Waals surface area contributed by atoms with Crippen LogP contribution in [-0.2, 0) is 16.1 Å². The summed E-state index contributed by atoms with van der Waals surface area (Å²) >= 11 is 5.72. The lowest BCUT2D eigenvalue weighted by atomic mass is 10.0. The first-order valence-electron chi connectivity index (χ1n) is 4.24. The molecule has 0 saturated heterocycles. The molecule has 15 heavy (non-hydrogen) atoms. The molecule has 0 bridgehead atoms. The van der Waals surface area contributed by atoms with Crippen molar-refractivity contribution in [3.05, 3.63) is 34.3 Å².